The van der Waals surface area contributed by atoms with Gasteiger partial charge in [0.05, 0.1) is 6.04 Å². The zero-order valence-corrected chi connectivity index (χ0v) is 13.8. The van der Waals surface area contributed by atoms with E-state index in [0.717, 1.165) is 0 Å². The van der Waals surface area contributed by atoms with Crippen molar-refractivity contribution in [1.29, 1.82) is 0 Å². The average Bonchev–Trinajstić information content (AvgIpc) is 2.61. The third kappa shape index (κ3) is 3.56. The van der Waals surface area contributed by atoms with Crippen LogP contribution in [0.15, 0.2) is 65.9 Å². The molecule has 5 nitrogen and oxygen atoms in total. The summed E-state index contributed by atoms with van der Waals surface area (Å²) in [5.74, 6) is -0.409. The van der Waals surface area contributed by atoms with E-state index in [0.29, 0.717) is 11.3 Å². The molecule has 1 heterocycles. The molecule has 2 amide bonds. The number of nitrogens with one attached hydrogen (secondary N) is 2. The Balaban J connectivity index is 2.09. The van der Waals surface area contributed by atoms with Gasteiger partial charge in [0.2, 0.25) is 0 Å². The topological polar surface area (TPSA) is 67.4 Å². The number of allylic oxidation sites excluding steroid dienone is 1. The second kappa shape index (κ2) is 7.35. The zero-order valence-electron chi connectivity index (χ0n) is 13.8. The quantitative estimate of drug-likeness (QED) is 0.799. The van der Waals surface area contributed by atoms with E-state index >= 15 is 0 Å². The van der Waals surface area contributed by atoms with Crippen molar-refractivity contribution < 1.29 is 23.1 Å². The number of rotatable bonds is 5. The van der Waals surface area contributed by atoms with E-state index in [1.807, 2.05) is 0 Å². The molecular formula is C19H16F2N2O3. The highest BCUT2D eigenvalue weighted by Gasteiger charge is 2.33. The summed E-state index contributed by atoms with van der Waals surface area (Å²) >= 11 is 0. The van der Waals surface area contributed by atoms with Crippen LogP contribution in [0.3, 0.4) is 0 Å². The normalized spacial score (nSPS) is 16.9. The van der Waals surface area contributed by atoms with Crippen molar-refractivity contribution in [3.8, 4) is 5.75 Å². The highest BCUT2D eigenvalue weighted by Crippen LogP contribution is 2.35. The molecule has 2 aromatic carbocycles. The van der Waals surface area contributed by atoms with Crippen molar-refractivity contribution in [1.82, 2.24) is 10.6 Å². The molecule has 1 aliphatic rings. The summed E-state index contributed by atoms with van der Waals surface area (Å²) < 4.78 is 30.0. The molecule has 2 aromatic rings. The van der Waals surface area contributed by atoms with Crippen LogP contribution in [0, 0.1) is 0 Å². The van der Waals surface area contributed by atoms with Gasteiger partial charge in [-0.25, -0.2) is 4.79 Å². The van der Waals surface area contributed by atoms with Crippen LogP contribution < -0.4 is 15.4 Å². The Labute approximate surface area is 148 Å². The largest absolute Gasteiger partial charge is 0.434 e. The summed E-state index contributed by atoms with van der Waals surface area (Å²) in [6, 6.07) is 13.2. The molecule has 26 heavy (non-hydrogen) atoms. The minimum absolute atomic E-state index is 0.0964. The van der Waals surface area contributed by atoms with E-state index in [4.69, 9.17) is 0 Å². The first-order chi connectivity index (χ1) is 12.5. The first-order valence-electron chi connectivity index (χ1n) is 7.89. The molecule has 134 valence electrons. The van der Waals surface area contributed by atoms with Gasteiger partial charge in [-0.3, -0.25) is 4.79 Å². The van der Waals surface area contributed by atoms with Gasteiger partial charge in [0.1, 0.15) is 5.75 Å². The lowest BCUT2D eigenvalue weighted by Gasteiger charge is -2.29. The van der Waals surface area contributed by atoms with Gasteiger partial charge in [-0.05, 0) is 13.0 Å². The molecule has 2 N–H and O–H groups in total. The molecule has 0 aliphatic carbocycles. The van der Waals surface area contributed by atoms with Gasteiger partial charge in [0, 0.05) is 22.4 Å². The number of alkyl halides is 2. The molecule has 0 spiro atoms. The Hall–Kier alpha value is -3.22. The number of para-hydroxylation sites is 1. The second-order valence-corrected chi connectivity index (χ2v) is 5.68. The van der Waals surface area contributed by atoms with Crippen LogP contribution in [-0.4, -0.2) is 18.4 Å². The highest BCUT2D eigenvalue weighted by atomic mass is 19.3. The van der Waals surface area contributed by atoms with Crippen LogP contribution in [0.4, 0.5) is 13.6 Å². The maximum absolute atomic E-state index is 13.0. The summed E-state index contributed by atoms with van der Waals surface area (Å²) in [7, 11) is 0. The number of amides is 2. The summed E-state index contributed by atoms with van der Waals surface area (Å²) in [6.45, 7) is -1.43. The number of benzene rings is 2. The van der Waals surface area contributed by atoms with Crippen molar-refractivity contribution in [3.05, 3.63) is 77.0 Å². The number of ketones is 1. The highest BCUT2D eigenvalue weighted by molar-refractivity contribution is 6.11. The Kier molecular flexibility index (Phi) is 4.97. The summed E-state index contributed by atoms with van der Waals surface area (Å²) in [5.41, 5.74) is 1.33. The molecule has 7 heteroatoms. The van der Waals surface area contributed by atoms with Crippen LogP contribution >= 0.6 is 0 Å². The lowest BCUT2D eigenvalue weighted by atomic mass is 9.89. The number of urea groups is 1. The van der Waals surface area contributed by atoms with E-state index in [1.165, 1.54) is 6.07 Å². The number of hydrogen-bond acceptors (Lipinski definition) is 3. The monoisotopic (exact) mass is 358 g/mol. The standard InChI is InChI=1S/C19H16F2N2O3/c1-11-15(17(24)12-7-3-2-4-8-12)16(23-19(25)22-11)13-9-5-6-10-14(13)26-18(20)21/h2-10,16,18H,1H3,(H2,22,23,25). The van der Waals surface area contributed by atoms with E-state index in [-0.39, 0.29) is 22.7 Å². The number of hydrogen-bond donors (Lipinski definition) is 2. The molecule has 0 saturated carbocycles. The Morgan fingerprint density at radius 1 is 1.08 bits per heavy atom. The van der Waals surface area contributed by atoms with Gasteiger partial charge < -0.3 is 15.4 Å². The minimum Gasteiger partial charge on any atom is -0.434 e. The van der Waals surface area contributed by atoms with E-state index in [2.05, 4.69) is 15.4 Å². The number of Topliss-reactive ketones (excluding diaryl/α,β-unsaturated/α-hetero) is 1. The fraction of sp³-hybridized carbons (Fsp3) is 0.158. The first kappa shape index (κ1) is 17.6. The van der Waals surface area contributed by atoms with Crippen molar-refractivity contribution in [2.45, 2.75) is 19.6 Å². The molecule has 1 atom stereocenters. The predicted molar refractivity (Wildman–Crippen MR) is 91.0 cm³/mol. The van der Waals surface area contributed by atoms with Gasteiger partial charge in [-0.2, -0.15) is 8.78 Å². The molecule has 1 unspecified atom stereocenters. The lowest BCUT2D eigenvalue weighted by Crippen LogP contribution is -2.45. The maximum Gasteiger partial charge on any atom is 0.387 e. The van der Waals surface area contributed by atoms with Crippen LogP contribution in [-0.2, 0) is 0 Å². The molecule has 3 rings (SSSR count). The predicted octanol–water partition coefficient (Wildman–Crippen LogP) is 3.80. The minimum atomic E-state index is -3.02. The molecule has 0 saturated heterocycles. The Bertz CT molecular complexity index is 866. The van der Waals surface area contributed by atoms with Crippen LogP contribution in [0.25, 0.3) is 0 Å². The smallest absolute Gasteiger partial charge is 0.387 e. The van der Waals surface area contributed by atoms with Crippen LogP contribution in [0.5, 0.6) is 5.75 Å². The zero-order chi connectivity index (χ0) is 18.7. The fourth-order valence-corrected chi connectivity index (χ4v) is 2.90. The van der Waals surface area contributed by atoms with Gasteiger partial charge in [-0.15, -0.1) is 0 Å². The molecule has 0 bridgehead atoms. The number of halogens is 2. The van der Waals surface area contributed by atoms with Crippen molar-refractivity contribution >= 4 is 11.8 Å². The molecule has 0 fully saturated rings. The fourth-order valence-electron chi connectivity index (χ4n) is 2.90. The molecule has 0 aromatic heterocycles. The average molecular weight is 358 g/mol. The summed E-state index contributed by atoms with van der Waals surface area (Å²) in [6.07, 6.45) is 0. The van der Waals surface area contributed by atoms with E-state index in [1.54, 1.807) is 55.5 Å². The van der Waals surface area contributed by atoms with Gasteiger partial charge in [0.15, 0.2) is 5.78 Å². The van der Waals surface area contributed by atoms with Crippen LogP contribution in [0.2, 0.25) is 0 Å². The Morgan fingerprint density at radius 2 is 1.73 bits per heavy atom. The van der Waals surface area contributed by atoms with Gasteiger partial charge >= 0.3 is 12.6 Å². The van der Waals surface area contributed by atoms with Gasteiger partial charge in [0.25, 0.3) is 0 Å². The lowest BCUT2D eigenvalue weighted by molar-refractivity contribution is -0.0505. The molecule has 0 radical (unpaired) electrons. The van der Waals surface area contributed by atoms with E-state index in [9.17, 15) is 18.4 Å². The second-order valence-electron chi connectivity index (χ2n) is 5.68. The van der Waals surface area contributed by atoms with Crippen molar-refractivity contribution in [2.24, 2.45) is 0 Å². The van der Waals surface area contributed by atoms with E-state index < -0.39 is 18.7 Å². The van der Waals surface area contributed by atoms with Crippen molar-refractivity contribution in [3.63, 3.8) is 0 Å². The third-order valence-electron chi connectivity index (χ3n) is 4.00. The third-order valence-corrected chi connectivity index (χ3v) is 4.00. The maximum atomic E-state index is 13.0. The number of carbonyl (C=O) groups excluding carboxylic acids is 2. The van der Waals surface area contributed by atoms with Gasteiger partial charge in [-0.1, -0.05) is 48.5 Å². The van der Waals surface area contributed by atoms with Crippen molar-refractivity contribution in [2.75, 3.05) is 0 Å². The summed E-state index contributed by atoms with van der Waals surface area (Å²) in [5, 5.41) is 5.18. The first-order valence-corrected chi connectivity index (χ1v) is 7.89. The molecular weight excluding hydrogens is 342 g/mol. The number of ether oxygens (including phenoxy) is 1. The summed E-state index contributed by atoms with van der Waals surface area (Å²) in [4.78, 5) is 24.9. The SMILES string of the molecule is CC1=C(C(=O)c2ccccc2)C(c2ccccc2OC(F)F)NC(=O)N1. The Morgan fingerprint density at radius 3 is 2.42 bits per heavy atom. The number of carbonyl (C=O) groups is 2. The molecule has 1 aliphatic heterocycles. The van der Waals surface area contributed by atoms with Crippen LogP contribution in [0.1, 0.15) is 28.9 Å².